The van der Waals surface area contributed by atoms with Gasteiger partial charge in [0, 0.05) is 17.1 Å². The van der Waals surface area contributed by atoms with E-state index in [2.05, 4.69) is 15.9 Å². The van der Waals surface area contributed by atoms with Crippen molar-refractivity contribution in [3.63, 3.8) is 0 Å². The molecule has 3 N–H and O–H groups in total. The van der Waals surface area contributed by atoms with Crippen LogP contribution in [-0.2, 0) is 15.6 Å². The van der Waals surface area contributed by atoms with E-state index >= 15 is 0 Å². The van der Waals surface area contributed by atoms with Crippen LogP contribution in [0.5, 0.6) is 11.5 Å². The minimum absolute atomic E-state index is 0.0832. The second kappa shape index (κ2) is 6.87. The van der Waals surface area contributed by atoms with Crippen LogP contribution in [0.3, 0.4) is 0 Å². The number of hydrogen-bond acceptors (Lipinski definition) is 5. The maximum Gasteiger partial charge on any atom is 0.310 e. The minimum Gasteiger partial charge on any atom is -0.507 e. The molecular weight excluding hydrogens is 549 g/mol. The molecule has 0 bridgehead atoms. The molecule has 1 amide bonds. The van der Waals surface area contributed by atoms with Gasteiger partial charge in [-0.2, -0.15) is 0 Å². The molecule has 2 rings (SSSR count). The molecule has 0 fully saturated rings. The van der Waals surface area contributed by atoms with Crippen molar-refractivity contribution in [2.45, 2.75) is 15.5 Å². The summed E-state index contributed by atoms with van der Waals surface area (Å²) in [4.78, 5) is 8.38. The van der Waals surface area contributed by atoms with Gasteiger partial charge in [0.1, 0.15) is 15.5 Å². The van der Waals surface area contributed by atoms with Crippen molar-refractivity contribution in [2.75, 3.05) is 7.05 Å². The van der Waals surface area contributed by atoms with E-state index in [4.69, 9.17) is 11.6 Å². The van der Waals surface area contributed by atoms with Crippen molar-refractivity contribution in [3.8, 4) is 11.5 Å². The van der Waals surface area contributed by atoms with Crippen molar-refractivity contribution in [1.29, 1.82) is 0 Å². The van der Waals surface area contributed by atoms with Crippen LogP contribution in [0.25, 0.3) is 0 Å². The van der Waals surface area contributed by atoms with E-state index in [1.54, 1.807) is 0 Å². The maximum atomic E-state index is 13.3. The van der Waals surface area contributed by atoms with Gasteiger partial charge in [0.05, 0.1) is 16.3 Å². The van der Waals surface area contributed by atoms with Gasteiger partial charge >= 0.3 is 10.2 Å². The molecule has 2 aromatic rings. The van der Waals surface area contributed by atoms with E-state index in [9.17, 15) is 42.9 Å². The van der Waals surface area contributed by atoms with E-state index in [-0.39, 0.29) is 16.6 Å². The lowest BCUT2D eigenvalue weighted by atomic mass is 10.1. The van der Waals surface area contributed by atoms with Gasteiger partial charge in [0.25, 0.3) is 5.91 Å². The predicted octanol–water partition coefficient (Wildman–Crippen LogP) is 5.50. The molecular formula is C15H12BrClF5NO5S2. The third-order valence-electron chi connectivity index (χ3n) is 3.75. The Kier molecular flexibility index (Phi) is 5.61. The van der Waals surface area contributed by atoms with Gasteiger partial charge in [-0.05, 0) is 24.3 Å². The van der Waals surface area contributed by atoms with Crippen molar-refractivity contribution >= 4 is 53.5 Å². The van der Waals surface area contributed by atoms with Crippen molar-refractivity contribution < 1.29 is 42.9 Å². The van der Waals surface area contributed by atoms with Crippen molar-refractivity contribution in [1.82, 2.24) is 5.32 Å². The van der Waals surface area contributed by atoms with E-state index in [1.807, 2.05) is 5.32 Å². The number of sulfone groups is 1. The van der Waals surface area contributed by atoms with Crippen molar-refractivity contribution in [2.24, 2.45) is 0 Å². The molecule has 0 spiro atoms. The monoisotopic (exact) mass is 559 g/mol. The highest BCUT2D eigenvalue weighted by Gasteiger charge is 2.65. The number of nitrogens with one attached hydrogen (secondary N) is 1. The zero-order valence-corrected chi connectivity index (χ0v) is 18.6. The van der Waals surface area contributed by atoms with Crippen LogP contribution in [0.1, 0.15) is 15.9 Å². The van der Waals surface area contributed by atoms with Gasteiger partial charge in [0.2, 0.25) is 0 Å². The highest BCUT2D eigenvalue weighted by molar-refractivity contribution is 9.10. The maximum absolute atomic E-state index is 13.3. The number of phenolic OH excluding ortho intramolecular Hbond substituents is 2. The molecule has 0 aliphatic heterocycles. The van der Waals surface area contributed by atoms with Crippen LogP contribution in [0.15, 0.2) is 38.5 Å². The summed E-state index contributed by atoms with van der Waals surface area (Å²) in [5, 5.41) is 21.5. The highest BCUT2D eigenvalue weighted by atomic mass is 79.9. The summed E-state index contributed by atoms with van der Waals surface area (Å²) < 4.78 is 91.9. The SMILES string of the molecule is CNC(=O)c1cc(S(F)(F)(F)(F)F)cc(CS(=O)(=O)c2cc(Br)cc(Cl)c2O)c1O. The van der Waals surface area contributed by atoms with E-state index in [1.165, 1.54) is 0 Å². The number of rotatable bonds is 5. The fraction of sp³-hybridized carbons (Fsp3) is 0.133. The molecule has 0 aromatic heterocycles. The number of halogens is 7. The Balaban J connectivity index is 2.78. The lowest BCUT2D eigenvalue weighted by molar-refractivity contribution is 0.0960. The number of carbonyl (C=O) groups is 1. The number of carbonyl (C=O) groups excluding carboxylic acids is 1. The first-order valence-electron chi connectivity index (χ1n) is 7.49. The van der Waals surface area contributed by atoms with Crippen molar-refractivity contribution in [3.05, 3.63) is 44.9 Å². The first-order chi connectivity index (χ1) is 13.3. The van der Waals surface area contributed by atoms with Gasteiger partial charge in [0.15, 0.2) is 15.6 Å². The van der Waals surface area contributed by atoms with E-state index in [0.717, 1.165) is 19.2 Å². The average Bonchev–Trinajstić information content (AvgIpc) is 2.56. The Hall–Kier alpha value is -1.77. The molecule has 0 unspecified atom stereocenters. The number of phenols is 2. The third kappa shape index (κ3) is 5.10. The summed E-state index contributed by atoms with van der Waals surface area (Å²) in [6.45, 7) is 0. The van der Waals surface area contributed by atoms with Gasteiger partial charge in [-0.25, -0.2) is 8.42 Å². The smallest absolute Gasteiger partial charge is 0.310 e. The topological polar surface area (TPSA) is 104 Å². The molecule has 0 aliphatic carbocycles. The van der Waals surface area contributed by atoms with Crippen LogP contribution >= 0.6 is 37.8 Å². The summed E-state index contributed by atoms with van der Waals surface area (Å²) in [5.74, 6) is -4.99. The third-order valence-corrected chi connectivity index (χ3v) is 7.30. The molecule has 15 heteroatoms. The van der Waals surface area contributed by atoms with Crippen LogP contribution in [0.4, 0.5) is 19.4 Å². The second-order valence-corrected chi connectivity index (χ2v) is 11.7. The van der Waals surface area contributed by atoms with Crippen LogP contribution in [-0.4, -0.2) is 31.6 Å². The summed E-state index contributed by atoms with van der Waals surface area (Å²) in [6.07, 6.45) is 0. The van der Waals surface area contributed by atoms with Crippen LogP contribution in [0, 0.1) is 0 Å². The Morgan fingerprint density at radius 3 is 2.17 bits per heavy atom. The number of aromatic hydroxyl groups is 2. The normalized spacial score (nSPS) is 14.7. The molecule has 0 aliphatic rings. The van der Waals surface area contributed by atoms with Gasteiger partial charge in [-0.15, -0.1) is 0 Å². The Labute approximate surface area is 180 Å². The number of hydrogen-bond donors (Lipinski definition) is 3. The zero-order valence-electron chi connectivity index (χ0n) is 14.6. The van der Waals surface area contributed by atoms with E-state index in [0.29, 0.717) is 0 Å². The number of benzene rings is 2. The van der Waals surface area contributed by atoms with Crippen LogP contribution in [0.2, 0.25) is 5.02 Å². The summed E-state index contributed by atoms with van der Waals surface area (Å²) in [6, 6.07) is 1.49. The first-order valence-corrected chi connectivity index (χ1v) is 12.3. The van der Waals surface area contributed by atoms with Gasteiger partial charge < -0.3 is 15.5 Å². The van der Waals surface area contributed by atoms with E-state index < -0.39 is 69.2 Å². The van der Waals surface area contributed by atoms with Gasteiger partial charge in [-0.3, -0.25) is 4.79 Å². The largest absolute Gasteiger partial charge is 0.507 e. The zero-order chi connectivity index (χ0) is 23.3. The molecule has 0 saturated carbocycles. The van der Waals surface area contributed by atoms with Crippen LogP contribution < -0.4 is 5.32 Å². The fourth-order valence-electron chi connectivity index (χ4n) is 2.37. The predicted molar refractivity (Wildman–Crippen MR) is 105 cm³/mol. The summed E-state index contributed by atoms with van der Waals surface area (Å²) in [7, 11) is -14.1. The molecule has 0 atom stereocenters. The summed E-state index contributed by atoms with van der Waals surface area (Å²) >= 11 is 8.60. The Morgan fingerprint density at radius 2 is 1.67 bits per heavy atom. The molecule has 30 heavy (non-hydrogen) atoms. The molecule has 168 valence electrons. The highest BCUT2D eigenvalue weighted by Crippen LogP contribution is 3.02. The second-order valence-electron chi connectivity index (χ2n) is 6.02. The minimum atomic E-state index is -10.3. The molecule has 0 saturated heterocycles. The Morgan fingerprint density at radius 1 is 1.10 bits per heavy atom. The molecule has 0 heterocycles. The average molecular weight is 561 g/mol. The number of amides is 1. The fourth-order valence-corrected chi connectivity index (χ4v) is 5.59. The standard InChI is InChI=1S/C15H12BrClF5NO5S2/c1-23-15(26)10-5-9(30(18,19,20,21)22)2-7(13(10)24)6-29(27,28)12-4-8(16)3-11(17)14(12)25/h2-5,24-25H,6H2,1H3,(H,23,26). The molecule has 2 aromatic carbocycles. The first kappa shape index (κ1) is 24.5. The Bertz CT molecular complexity index is 1170. The summed E-state index contributed by atoms with van der Waals surface area (Å²) in [5.41, 5.74) is -2.33. The molecule has 6 nitrogen and oxygen atoms in total. The lowest BCUT2D eigenvalue weighted by Gasteiger charge is -2.41. The molecule has 0 radical (unpaired) electrons. The van der Waals surface area contributed by atoms with Gasteiger partial charge in [-0.1, -0.05) is 47.0 Å². The quantitative estimate of drug-likeness (QED) is 0.419. The lowest BCUT2D eigenvalue weighted by Crippen LogP contribution is -2.20.